The van der Waals surface area contributed by atoms with Crippen LogP contribution < -0.4 is 0 Å². The topological polar surface area (TPSA) is 90.9 Å². The number of benzene rings is 5. The molecule has 0 aromatic heterocycles. The predicted octanol–water partition coefficient (Wildman–Crippen LogP) is 8.42. The van der Waals surface area contributed by atoms with Gasteiger partial charge in [-0.2, -0.15) is 0 Å². The molecule has 5 aromatic rings. The van der Waals surface area contributed by atoms with Crippen LogP contribution in [0.3, 0.4) is 0 Å². The second-order valence-electron chi connectivity index (χ2n) is 12.7. The summed E-state index contributed by atoms with van der Waals surface area (Å²) in [5.74, 6) is 0. The van der Waals surface area contributed by atoms with Gasteiger partial charge >= 0.3 is 7.82 Å². The Balaban J connectivity index is 1.20. The summed E-state index contributed by atoms with van der Waals surface area (Å²) in [5.41, 5.74) is 4.74. The quantitative estimate of drug-likeness (QED) is 0.0932. The second kappa shape index (κ2) is 18.2. The first-order valence-corrected chi connectivity index (χ1v) is 19.0. The number of hydrogen-bond acceptors (Lipinski definition) is 9. The van der Waals surface area contributed by atoms with Crippen molar-refractivity contribution < 1.29 is 41.8 Å². The van der Waals surface area contributed by atoms with E-state index < -0.39 is 44.6 Å². The second-order valence-corrected chi connectivity index (χ2v) is 14.3. The lowest BCUT2D eigenvalue weighted by Gasteiger charge is -2.47. The molecular formula is C42H43O9P. The van der Waals surface area contributed by atoms with Gasteiger partial charge in [0.2, 0.25) is 0 Å². The number of rotatable bonds is 16. The van der Waals surface area contributed by atoms with Gasteiger partial charge in [0, 0.05) is 0 Å². The van der Waals surface area contributed by atoms with Gasteiger partial charge in [-0.15, -0.1) is 0 Å². The minimum atomic E-state index is -3.94. The fourth-order valence-electron chi connectivity index (χ4n) is 6.22. The van der Waals surface area contributed by atoms with Gasteiger partial charge < -0.3 is 23.7 Å². The van der Waals surface area contributed by atoms with E-state index in [9.17, 15) is 4.57 Å². The Labute approximate surface area is 304 Å². The lowest BCUT2D eigenvalue weighted by molar-refractivity contribution is -0.334. The van der Waals surface area contributed by atoms with E-state index in [0.29, 0.717) is 0 Å². The molecule has 10 heteroatoms. The zero-order valence-corrected chi connectivity index (χ0v) is 29.7. The summed E-state index contributed by atoms with van der Waals surface area (Å²) in [4.78, 5) is 0. The van der Waals surface area contributed by atoms with Crippen LogP contribution in [0.5, 0.6) is 0 Å². The first kappa shape index (κ1) is 36.4. The summed E-state index contributed by atoms with van der Waals surface area (Å²) in [7, 11) is -3.94. The van der Waals surface area contributed by atoms with Gasteiger partial charge in [0.25, 0.3) is 0 Å². The molecule has 7 rings (SSSR count). The Hall–Kier alpha value is -3.99. The van der Waals surface area contributed by atoms with Crippen molar-refractivity contribution in [3.8, 4) is 0 Å². The Bertz CT molecular complexity index is 1820. The standard InChI is InChI=1S/C42H43O9P/c43-52(48-30-36-24-14-5-15-25-36)49-31-37(51-52)38-39(44-26-32-16-6-1-7-17-32)40(45-27-33-18-8-2-9-19-33)41(46-28-34-20-10-3-11-21-34)42(50-38)47-29-35-22-12-4-13-23-35/h1-25,37-42H,26-31H2/t37?,38-,39-,40+,41-,42+,52?/m1/s1. The molecule has 0 spiro atoms. The van der Waals surface area contributed by atoms with E-state index in [1.54, 1.807) is 0 Å². The van der Waals surface area contributed by atoms with Crippen molar-refractivity contribution in [2.24, 2.45) is 0 Å². The van der Waals surface area contributed by atoms with Crippen LogP contribution in [0.25, 0.3) is 0 Å². The molecule has 2 aliphatic rings. The summed E-state index contributed by atoms with van der Waals surface area (Å²) in [6.45, 7) is 1.09. The van der Waals surface area contributed by atoms with Crippen LogP contribution in [0.2, 0.25) is 0 Å². The van der Waals surface area contributed by atoms with E-state index in [1.165, 1.54) is 0 Å². The highest BCUT2D eigenvalue weighted by molar-refractivity contribution is 7.48. The Kier molecular flexibility index (Phi) is 12.7. The average molecular weight is 723 g/mol. The molecular weight excluding hydrogens is 679 g/mol. The maximum Gasteiger partial charge on any atom is 0.475 e. The highest BCUT2D eigenvalue weighted by Gasteiger charge is 2.55. The molecule has 0 radical (unpaired) electrons. The summed E-state index contributed by atoms with van der Waals surface area (Å²) in [6, 6.07) is 49.0. The first-order chi connectivity index (χ1) is 25.6. The maximum atomic E-state index is 13.8. The van der Waals surface area contributed by atoms with E-state index in [4.69, 9.17) is 37.3 Å². The molecule has 0 bridgehead atoms. The largest absolute Gasteiger partial charge is 0.475 e. The Morgan fingerprint density at radius 1 is 0.481 bits per heavy atom. The zero-order chi connectivity index (χ0) is 35.4. The van der Waals surface area contributed by atoms with Crippen molar-refractivity contribution >= 4 is 7.82 Å². The van der Waals surface area contributed by atoms with Crippen molar-refractivity contribution in [2.75, 3.05) is 6.61 Å². The van der Waals surface area contributed by atoms with Gasteiger partial charge in [0.05, 0.1) is 39.6 Å². The minimum Gasteiger partial charge on any atom is -0.368 e. The van der Waals surface area contributed by atoms with Crippen LogP contribution in [-0.2, 0) is 74.9 Å². The third-order valence-corrected chi connectivity index (χ3v) is 10.3. The lowest BCUT2D eigenvalue weighted by atomic mass is 9.94. The van der Waals surface area contributed by atoms with E-state index in [0.717, 1.165) is 27.8 Å². The van der Waals surface area contributed by atoms with Gasteiger partial charge in [0.15, 0.2) is 6.29 Å². The van der Waals surface area contributed by atoms with Crippen LogP contribution in [0.15, 0.2) is 152 Å². The molecule has 2 heterocycles. The van der Waals surface area contributed by atoms with Crippen molar-refractivity contribution in [1.29, 1.82) is 0 Å². The number of phosphoric ester groups is 1. The van der Waals surface area contributed by atoms with E-state index in [2.05, 4.69) is 0 Å². The van der Waals surface area contributed by atoms with Crippen LogP contribution in [-0.4, -0.2) is 43.4 Å². The van der Waals surface area contributed by atoms with E-state index >= 15 is 0 Å². The van der Waals surface area contributed by atoms with Crippen LogP contribution >= 0.6 is 7.82 Å². The molecule has 2 aliphatic heterocycles. The van der Waals surface area contributed by atoms with E-state index in [1.807, 2.05) is 152 Å². The first-order valence-electron chi connectivity index (χ1n) is 17.5. The number of ether oxygens (including phenoxy) is 5. The van der Waals surface area contributed by atoms with Gasteiger partial charge in [-0.1, -0.05) is 152 Å². The molecule has 52 heavy (non-hydrogen) atoms. The average Bonchev–Trinajstić information content (AvgIpc) is 3.60. The SMILES string of the molecule is O=P1(OCc2ccccc2)OCC([C@H]2O[C@H](OCc3ccccc3)[C@H](OCc3ccccc3)[C@@H](OCc3ccccc3)[C@@H]2OCc2ccccc2)O1. The minimum absolute atomic E-state index is 0.0473. The fraction of sp³-hybridized carbons (Fsp3) is 0.286. The Morgan fingerprint density at radius 2 is 0.865 bits per heavy atom. The normalized spacial score (nSPS) is 25.9. The highest BCUT2D eigenvalue weighted by Crippen LogP contribution is 2.57. The van der Waals surface area contributed by atoms with Gasteiger partial charge in [-0.25, -0.2) is 4.57 Å². The molecule has 270 valence electrons. The molecule has 2 unspecified atom stereocenters. The van der Waals surface area contributed by atoms with Crippen molar-refractivity contribution in [2.45, 2.75) is 69.8 Å². The molecule has 2 fully saturated rings. The van der Waals surface area contributed by atoms with Gasteiger partial charge in [-0.05, 0) is 27.8 Å². The molecule has 0 saturated carbocycles. The molecule has 0 amide bonds. The summed E-state index contributed by atoms with van der Waals surface area (Å²) in [5, 5.41) is 0. The Morgan fingerprint density at radius 3 is 1.33 bits per heavy atom. The zero-order valence-electron chi connectivity index (χ0n) is 28.8. The van der Waals surface area contributed by atoms with Crippen molar-refractivity contribution in [1.82, 2.24) is 0 Å². The van der Waals surface area contributed by atoms with Crippen LogP contribution in [0.4, 0.5) is 0 Å². The smallest absolute Gasteiger partial charge is 0.368 e. The van der Waals surface area contributed by atoms with Crippen LogP contribution in [0.1, 0.15) is 27.8 Å². The van der Waals surface area contributed by atoms with E-state index in [-0.39, 0.29) is 39.6 Å². The molecule has 0 aliphatic carbocycles. The van der Waals surface area contributed by atoms with Crippen molar-refractivity contribution in [3.63, 3.8) is 0 Å². The molecule has 7 atom stereocenters. The molecule has 9 nitrogen and oxygen atoms in total. The summed E-state index contributed by atoms with van der Waals surface area (Å²) < 4.78 is 65.0. The third kappa shape index (κ3) is 9.90. The highest BCUT2D eigenvalue weighted by atomic mass is 31.2. The summed E-state index contributed by atoms with van der Waals surface area (Å²) >= 11 is 0. The van der Waals surface area contributed by atoms with Gasteiger partial charge in [0.1, 0.15) is 30.5 Å². The fourth-order valence-corrected chi connectivity index (χ4v) is 7.56. The van der Waals surface area contributed by atoms with Gasteiger partial charge in [-0.3, -0.25) is 13.6 Å². The summed E-state index contributed by atoms with van der Waals surface area (Å²) in [6.07, 6.45) is -4.77. The lowest BCUT2D eigenvalue weighted by Crippen LogP contribution is -2.63. The predicted molar refractivity (Wildman–Crippen MR) is 195 cm³/mol. The monoisotopic (exact) mass is 722 g/mol. The van der Waals surface area contributed by atoms with Crippen LogP contribution in [0, 0.1) is 0 Å². The third-order valence-electron chi connectivity index (χ3n) is 8.90. The molecule has 0 N–H and O–H groups in total. The van der Waals surface area contributed by atoms with Crippen molar-refractivity contribution in [3.05, 3.63) is 179 Å². The maximum absolute atomic E-state index is 13.8. The molecule has 2 saturated heterocycles. The molecule has 5 aromatic carbocycles. The number of phosphoric acid groups is 1. The number of hydrogen-bond donors (Lipinski definition) is 0.